The van der Waals surface area contributed by atoms with Gasteiger partial charge < -0.3 is 16.0 Å². The Kier molecular flexibility index (Phi) is 5.75. The average molecular weight is 418 g/mol. The van der Waals surface area contributed by atoms with E-state index in [2.05, 4.69) is 15.5 Å². The van der Waals surface area contributed by atoms with E-state index in [1.165, 1.54) is 0 Å². The molecule has 160 valence electrons. The minimum atomic E-state index is -0.400. The number of aromatic nitrogens is 2. The van der Waals surface area contributed by atoms with Crippen molar-refractivity contribution in [1.82, 2.24) is 15.1 Å². The Hall–Kier alpha value is -3.61. The molecule has 0 radical (unpaired) electrons. The van der Waals surface area contributed by atoms with Crippen molar-refractivity contribution in [3.05, 3.63) is 54.6 Å². The highest BCUT2D eigenvalue weighted by atomic mass is 16.2. The fraction of sp³-hybridized carbons (Fsp3) is 0.292. The van der Waals surface area contributed by atoms with Gasteiger partial charge in [-0.1, -0.05) is 38.1 Å². The standard InChI is InChI=1S/C24H27N5O2/c1-15(2)24(31)29-13-3-4-22(29)23(30)26-19-11-7-17(8-12-19)21-14-20(27-28-21)16-5-9-18(25)10-6-16/h5-12,14-15,22H,3-4,13,25H2,1-2H3,(H,26,30)(H,27,28)/t22-/m0/s1. The highest BCUT2D eigenvalue weighted by Crippen LogP contribution is 2.26. The number of nitrogen functional groups attached to an aromatic ring is 1. The maximum Gasteiger partial charge on any atom is 0.247 e. The lowest BCUT2D eigenvalue weighted by Crippen LogP contribution is -2.44. The lowest BCUT2D eigenvalue weighted by Gasteiger charge is -2.25. The first kappa shape index (κ1) is 20.7. The number of likely N-dealkylation sites (tertiary alicyclic amines) is 1. The van der Waals surface area contributed by atoms with Crippen LogP contribution in [-0.4, -0.2) is 39.5 Å². The third-order valence-corrected chi connectivity index (χ3v) is 5.58. The average Bonchev–Trinajstić information content (AvgIpc) is 3.44. The Balaban J connectivity index is 1.43. The molecule has 1 aromatic heterocycles. The number of benzene rings is 2. The Morgan fingerprint density at radius 3 is 2.45 bits per heavy atom. The number of H-pyrrole nitrogens is 1. The Bertz CT molecular complexity index is 1070. The molecule has 1 fully saturated rings. The topological polar surface area (TPSA) is 104 Å². The van der Waals surface area contributed by atoms with Crippen molar-refractivity contribution in [3.8, 4) is 22.5 Å². The van der Waals surface area contributed by atoms with Crippen LogP contribution in [0.1, 0.15) is 26.7 Å². The second-order valence-electron chi connectivity index (χ2n) is 8.20. The Morgan fingerprint density at radius 2 is 1.77 bits per heavy atom. The molecule has 7 heteroatoms. The first-order valence-corrected chi connectivity index (χ1v) is 10.6. The molecule has 4 N–H and O–H groups in total. The molecule has 2 aromatic carbocycles. The molecule has 1 aliphatic heterocycles. The normalized spacial score (nSPS) is 16.0. The molecular weight excluding hydrogens is 390 g/mol. The SMILES string of the molecule is CC(C)C(=O)N1CCC[C@H]1C(=O)Nc1ccc(-c2cc(-c3ccc(N)cc3)[nH]n2)cc1. The molecule has 0 saturated carbocycles. The van der Waals surface area contributed by atoms with Gasteiger partial charge in [0.15, 0.2) is 0 Å². The van der Waals surface area contributed by atoms with Gasteiger partial charge in [-0.15, -0.1) is 0 Å². The van der Waals surface area contributed by atoms with Crippen LogP contribution in [0.15, 0.2) is 54.6 Å². The number of carbonyl (C=O) groups is 2. The van der Waals surface area contributed by atoms with E-state index in [9.17, 15) is 9.59 Å². The van der Waals surface area contributed by atoms with E-state index in [0.717, 1.165) is 34.6 Å². The molecule has 0 unspecified atom stereocenters. The maximum atomic E-state index is 12.8. The quantitative estimate of drug-likeness (QED) is 0.548. The lowest BCUT2D eigenvalue weighted by atomic mass is 10.1. The minimum absolute atomic E-state index is 0.0310. The highest BCUT2D eigenvalue weighted by Gasteiger charge is 2.34. The van der Waals surface area contributed by atoms with Crippen LogP contribution >= 0.6 is 0 Å². The number of amides is 2. The lowest BCUT2D eigenvalue weighted by molar-refractivity contribution is -0.139. The minimum Gasteiger partial charge on any atom is -0.399 e. The number of rotatable bonds is 5. The largest absolute Gasteiger partial charge is 0.399 e. The molecule has 4 rings (SSSR count). The van der Waals surface area contributed by atoms with Gasteiger partial charge in [0.2, 0.25) is 11.8 Å². The molecule has 0 bridgehead atoms. The van der Waals surface area contributed by atoms with E-state index in [1.807, 2.05) is 68.4 Å². The molecule has 0 aliphatic carbocycles. The predicted octanol–water partition coefficient (Wildman–Crippen LogP) is 3.91. The number of anilines is 2. The predicted molar refractivity (Wildman–Crippen MR) is 122 cm³/mol. The van der Waals surface area contributed by atoms with Crippen molar-refractivity contribution >= 4 is 23.2 Å². The van der Waals surface area contributed by atoms with Crippen LogP contribution in [0.5, 0.6) is 0 Å². The second-order valence-corrected chi connectivity index (χ2v) is 8.20. The first-order chi connectivity index (χ1) is 14.9. The number of hydrogen-bond acceptors (Lipinski definition) is 4. The van der Waals surface area contributed by atoms with Crippen LogP contribution in [-0.2, 0) is 9.59 Å². The van der Waals surface area contributed by atoms with Gasteiger partial charge in [0.25, 0.3) is 0 Å². The van der Waals surface area contributed by atoms with Crippen LogP contribution in [0, 0.1) is 5.92 Å². The molecule has 31 heavy (non-hydrogen) atoms. The van der Waals surface area contributed by atoms with Crippen LogP contribution in [0.3, 0.4) is 0 Å². The molecule has 1 atom stereocenters. The summed E-state index contributed by atoms with van der Waals surface area (Å²) < 4.78 is 0. The van der Waals surface area contributed by atoms with Crippen LogP contribution < -0.4 is 11.1 Å². The molecule has 1 saturated heterocycles. The van der Waals surface area contributed by atoms with Crippen molar-refractivity contribution in [2.24, 2.45) is 5.92 Å². The zero-order valence-electron chi connectivity index (χ0n) is 17.8. The Morgan fingerprint density at radius 1 is 1.10 bits per heavy atom. The van der Waals surface area contributed by atoms with Crippen molar-refractivity contribution in [2.45, 2.75) is 32.7 Å². The first-order valence-electron chi connectivity index (χ1n) is 10.6. The van der Waals surface area contributed by atoms with E-state index in [1.54, 1.807) is 4.90 Å². The van der Waals surface area contributed by atoms with Gasteiger partial charge in [0.1, 0.15) is 6.04 Å². The van der Waals surface area contributed by atoms with Crippen molar-refractivity contribution in [1.29, 1.82) is 0 Å². The molecule has 0 spiro atoms. The number of nitrogens with zero attached hydrogens (tertiary/aromatic N) is 2. The van der Waals surface area contributed by atoms with Gasteiger partial charge in [-0.3, -0.25) is 14.7 Å². The van der Waals surface area contributed by atoms with E-state index >= 15 is 0 Å². The van der Waals surface area contributed by atoms with E-state index in [4.69, 9.17) is 5.73 Å². The summed E-state index contributed by atoms with van der Waals surface area (Å²) in [5, 5.41) is 10.4. The summed E-state index contributed by atoms with van der Waals surface area (Å²) in [6, 6.07) is 16.7. The summed E-state index contributed by atoms with van der Waals surface area (Å²) in [7, 11) is 0. The maximum absolute atomic E-state index is 12.8. The van der Waals surface area contributed by atoms with E-state index in [0.29, 0.717) is 18.7 Å². The van der Waals surface area contributed by atoms with Crippen LogP contribution in [0.4, 0.5) is 11.4 Å². The third kappa shape index (κ3) is 4.45. The van der Waals surface area contributed by atoms with Gasteiger partial charge in [-0.05, 0) is 48.7 Å². The van der Waals surface area contributed by atoms with Gasteiger partial charge in [-0.2, -0.15) is 5.10 Å². The van der Waals surface area contributed by atoms with Crippen molar-refractivity contribution in [2.75, 3.05) is 17.6 Å². The van der Waals surface area contributed by atoms with Gasteiger partial charge in [-0.25, -0.2) is 0 Å². The summed E-state index contributed by atoms with van der Waals surface area (Å²) >= 11 is 0. The van der Waals surface area contributed by atoms with Crippen molar-refractivity contribution in [3.63, 3.8) is 0 Å². The highest BCUT2D eigenvalue weighted by molar-refractivity contribution is 5.97. The summed E-state index contributed by atoms with van der Waals surface area (Å²) in [6.07, 6.45) is 1.55. The fourth-order valence-corrected chi connectivity index (χ4v) is 3.86. The monoisotopic (exact) mass is 417 g/mol. The molecule has 2 amide bonds. The summed E-state index contributed by atoms with van der Waals surface area (Å²) in [5.41, 5.74) is 10.8. The smallest absolute Gasteiger partial charge is 0.247 e. The molecule has 7 nitrogen and oxygen atoms in total. The fourth-order valence-electron chi connectivity index (χ4n) is 3.86. The third-order valence-electron chi connectivity index (χ3n) is 5.58. The molecule has 3 aromatic rings. The summed E-state index contributed by atoms with van der Waals surface area (Å²) in [4.78, 5) is 26.8. The number of aromatic amines is 1. The zero-order valence-corrected chi connectivity index (χ0v) is 17.8. The van der Waals surface area contributed by atoms with E-state index in [-0.39, 0.29) is 17.7 Å². The Labute approximate surface area is 181 Å². The van der Waals surface area contributed by atoms with Crippen molar-refractivity contribution < 1.29 is 9.59 Å². The van der Waals surface area contributed by atoms with Crippen LogP contribution in [0.2, 0.25) is 0 Å². The van der Waals surface area contributed by atoms with Gasteiger partial charge in [0, 0.05) is 29.4 Å². The van der Waals surface area contributed by atoms with Gasteiger partial charge in [0.05, 0.1) is 11.4 Å². The summed E-state index contributed by atoms with van der Waals surface area (Å²) in [6.45, 7) is 4.37. The van der Waals surface area contributed by atoms with Crippen LogP contribution in [0.25, 0.3) is 22.5 Å². The number of carbonyl (C=O) groups excluding carboxylic acids is 2. The number of nitrogens with one attached hydrogen (secondary N) is 2. The molecular formula is C24H27N5O2. The van der Waals surface area contributed by atoms with E-state index < -0.39 is 6.04 Å². The zero-order chi connectivity index (χ0) is 22.0. The second kappa shape index (κ2) is 8.63. The molecule has 1 aliphatic rings. The van der Waals surface area contributed by atoms with Gasteiger partial charge >= 0.3 is 0 Å². The number of nitrogens with two attached hydrogens (primary N) is 1. The summed E-state index contributed by atoms with van der Waals surface area (Å²) in [5.74, 6) is -0.215. The number of hydrogen-bond donors (Lipinski definition) is 3. The molecule has 2 heterocycles.